The molecule has 0 spiro atoms. The third-order valence-electron chi connectivity index (χ3n) is 2.45. The number of ketones is 1. The summed E-state index contributed by atoms with van der Waals surface area (Å²) in [6, 6.07) is 1.75. The van der Waals surface area contributed by atoms with Crippen molar-refractivity contribution in [1.82, 2.24) is 0 Å². The molecule has 0 aromatic carbocycles. The maximum absolute atomic E-state index is 11.9. The van der Waals surface area contributed by atoms with E-state index in [0.29, 0.717) is 0 Å². The van der Waals surface area contributed by atoms with Crippen LogP contribution in [0.15, 0.2) is 23.0 Å². The number of furan rings is 1. The van der Waals surface area contributed by atoms with Gasteiger partial charge in [0.2, 0.25) is 0 Å². The second-order valence-electron chi connectivity index (χ2n) is 3.65. The molecule has 0 unspecified atom stereocenters. The van der Waals surface area contributed by atoms with Crippen molar-refractivity contribution >= 4 is 5.78 Å². The van der Waals surface area contributed by atoms with Gasteiger partial charge in [0.15, 0.2) is 5.78 Å². The highest BCUT2D eigenvalue weighted by molar-refractivity contribution is 5.97. The minimum absolute atomic E-state index is 0.183. The fourth-order valence-corrected chi connectivity index (χ4v) is 1.74. The molecule has 2 nitrogen and oxygen atoms in total. The number of hydrogen-bond donors (Lipinski definition) is 0. The highest BCUT2D eigenvalue weighted by Gasteiger charge is 2.18. The molecule has 1 rings (SSSR count). The molecule has 0 bridgehead atoms. The van der Waals surface area contributed by atoms with E-state index in [2.05, 4.69) is 13.8 Å². The molecule has 1 aromatic heterocycles. The van der Waals surface area contributed by atoms with Gasteiger partial charge in [0.1, 0.15) is 6.26 Å². The molecule has 0 radical (unpaired) electrons. The van der Waals surface area contributed by atoms with Gasteiger partial charge in [-0.15, -0.1) is 0 Å². The van der Waals surface area contributed by atoms with Crippen molar-refractivity contribution in [3.05, 3.63) is 24.2 Å². The van der Waals surface area contributed by atoms with Gasteiger partial charge in [-0.05, 0) is 18.9 Å². The third kappa shape index (κ3) is 2.72. The quantitative estimate of drug-likeness (QED) is 0.647. The summed E-state index contributed by atoms with van der Waals surface area (Å²) in [4.78, 5) is 11.9. The van der Waals surface area contributed by atoms with Crippen LogP contribution in [0.2, 0.25) is 0 Å². The van der Waals surface area contributed by atoms with Crippen molar-refractivity contribution in [3.8, 4) is 0 Å². The van der Waals surface area contributed by atoms with Crippen molar-refractivity contribution in [2.75, 3.05) is 0 Å². The van der Waals surface area contributed by atoms with E-state index >= 15 is 0 Å². The van der Waals surface area contributed by atoms with E-state index in [1.54, 1.807) is 18.6 Å². The van der Waals surface area contributed by atoms with Crippen molar-refractivity contribution < 1.29 is 9.21 Å². The molecule has 0 aliphatic rings. The second kappa shape index (κ2) is 5.63. The monoisotopic (exact) mass is 194 g/mol. The van der Waals surface area contributed by atoms with Crippen LogP contribution >= 0.6 is 0 Å². The normalized spacial score (nSPS) is 10.8. The first-order chi connectivity index (χ1) is 6.79. The summed E-state index contributed by atoms with van der Waals surface area (Å²) in [5.41, 5.74) is 0.719. The first-order valence-corrected chi connectivity index (χ1v) is 5.36. The molecular weight excluding hydrogens is 176 g/mol. The topological polar surface area (TPSA) is 30.2 Å². The first-order valence-electron chi connectivity index (χ1n) is 5.36. The summed E-state index contributed by atoms with van der Waals surface area (Å²) in [6.07, 6.45) is 7.20. The predicted molar refractivity (Wildman–Crippen MR) is 56.3 cm³/mol. The number of Topliss-reactive ketones (excluding diaryl/α,β-unsaturated/α-hetero) is 1. The lowest BCUT2D eigenvalue weighted by Gasteiger charge is -2.12. The summed E-state index contributed by atoms with van der Waals surface area (Å²) < 4.78 is 4.92. The van der Waals surface area contributed by atoms with Gasteiger partial charge in [0, 0.05) is 5.92 Å². The Labute approximate surface area is 85.3 Å². The van der Waals surface area contributed by atoms with E-state index in [1.165, 1.54) is 0 Å². The molecule has 0 aliphatic carbocycles. The maximum atomic E-state index is 11.9. The van der Waals surface area contributed by atoms with Gasteiger partial charge in [-0.3, -0.25) is 4.79 Å². The molecule has 0 saturated carbocycles. The van der Waals surface area contributed by atoms with Gasteiger partial charge in [-0.25, -0.2) is 0 Å². The SMILES string of the molecule is CCCC(CCC)C(=O)c1ccoc1. The third-order valence-corrected chi connectivity index (χ3v) is 2.45. The average Bonchev–Trinajstić information content (AvgIpc) is 2.69. The molecule has 78 valence electrons. The summed E-state index contributed by atoms with van der Waals surface area (Å²) in [7, 11) is 0. The minimum atomic E-state index is 0.183. The summed E-state index contributed by atoms with van der Waals surface area (Å²) in [6.45, 7) is 4.23. The van der Waals surface area contributed by atoms with E-state index in [4.69, 9.17) is 4.42 Å². The average molecular weight is 194 g/mol. The van der Waals surface area contributed by atoms with Crippen LogP contribution in [0.4, 0.5) is 0 Å². The minimum Gasteiger partial charge on any atom is -0.472 e. The highest BCUT2D eigenvalue weighted by Crippen LogP contribution is 2.19. The Morgan fingerprint density at radius 3 is 2.43 bits per heavy atom. The first kappa shape index (κ1) is 11.0. The fraction of sp³-hybridized carbons (Fsp3) is 0.583. The number of carbonyl (C=O) groups is 1. The van der Waals surface area contributed by atoms with E-state index in [-0.39, 0.29) is 11.7 Å². The largest absolute Gasteiger partial charge is 0.472 e. The summed E-state index contributed by atoms with van der Waals surface area (Å²) in [5, 5.41) is 0. The van der Waals surface area contributed by atoms with E-state index in [9.17, 15) is 4.79 Å². The van der Waals surface area contributed by atoms with Crippen LogP contribution in [0.25, 0.3) is 0 Å². The molecule has 0 fully saturated rings. The Hall–Kier alpha value is -1.05. The van der Waals surface area contributed by atoms with Crippen molar-refractivity contribution in [1.29, 1.82) is 0 Å². The zero-order chi connectivity index (χ0) is 10.4. The summed E-state index contributed by atoms with van der Waals surface area (Å²) >= 11 is 0. The second-order valence-corrected chi connectivity index (χ2v) is 3.65. The Balaban J connectivity index is 2.63. The van der Waals surface area contributed by atoms with Crippen molar-refractivity contribution in [2.45, 2.75) is 39.5 Å². The summed E-state index contributed by atoms with van der Waals surface area (Å²) in [5.74, 6) is 0.421. The number of hydrogen-bond acceptors (Lipinski definition) is 2. The molecule has 1 heterocycles. The molecule has 1 aromatic rings. The Morgan fingerprint density at radius 1 is 1.36 bits per heavy atom. The lowest BCUT2D eigenvalue weighted by atomic mass is 9.91. The molecule has 0 atom stereocenters. The van der Waals surface area contributed by atoms with Crippen LogP contribution in [0.5, 0.6) is 0 Å². The van der Waals surface area contributed by atoms with Crippen molar-refractivity contribution in [3.63, 3.8) is 0 Å². The highest BCUT2D eigenvalue weighted by atomic mass is 16.3. The van der Waals surface area contributed by atoms with Crippen LogP contribution in [0.1, 0.15) is 49.9 Å². The Morgan fingerprint density at radius 2 is 2.00 bits per heavy atom. The zero-order valence-electron chi connectivity index (χ0n) is 8.95. The van der Waals surface area contributed by atoms with Gasteiger partial charge < -0.3 is 4.42 Å². The molecule has 0 N–H and O–H groups in total. The fourth-order valence-electron chi connectivity index (χ4n) is 1.74. The molecule has 0 saturated heterocycles. The number of carbonyl (C=O) groups excluding carboxylic acids is 1. The van der Waals surface area contributed by atoms with Crippen LogP contribution in [0.3, 0.4) is 0 Å². The Bertz CT molecular complexity index is 256. The molecule has 2 heteroatoms. The number of rotatable bonds is 6. The maximum Gasteiger partial charge on any atom is 0.169 e. The zero-order valence-corrected chi connectivity index (χ0v) is 8.95. The van der Waals surface area contributed by atoms with Gasteiger partial charge in [-0.1, -0.05) is 26.7 Å². The van der Waals surface area contributed by atoms with Crippen LogP contribution in [-0.4, -0.2) is 5.78 Å². The smallest absolute Gasteiger partial charge is 0.169 e. The molecule has 14 heavy (non-hydrogen) atoms. The van der Waals surface area contributed by atoms with Gasteiger partial charge >= 0.3 is 0 Å². The van der Waals surface area contributed by atoms with Gasteiger partial charge in [0.25, 0.3) is 0 Å². The molecular formula is C12H18O2. The van der Waals surface area contributed by atoms with Crippen LogP contribution in [-0.2, 0) is 0 Å². The van der Waals surface area contributed by atoms with Crippen molar-refractivity contribution in [2.24, 2.45) is 5.92 Å². The van der Waals surface area contributed by atoms with E-state index < -0.39 is 0 Å². The van der Waals surface area contributed by atoms with Gasteiger partial charge in [-0.2, -0.15) is 0 Å². The molecule has 0 amide bonds. The van der Waals surface area contributed by atoms with E-state index in [1.807, 2.05) is 0 Å². The standard InChI is InChI=1S/C12H18O2/c1-3-5-10(6-4-2)12(13)11-7-8-14-9-11/h7-10H,3-6H2,1-2H3. The van der Waals surface area contributed by atoms with Crippen LogP contribution in [0, 0.1) is 5.92 Å². The van der Waals surface area contributed by atoms with E-state index in [0.717, 1.165) is 31.2 Å². The van der Waals surface area contributed by atoms with Crippen LogP contribution < -0.4 is 0 Å². The Kier molecular flexibility index (Phi) is 4.44. The molecule has 0 aliphatic heterocycles. The van der Waals surface area contributed by atoms with Gasteiger partial charge in [0.05, 0.1) is 11.8 Å². The lowest BCUT2D eigenvalue weighted by Crippen LogP contribution is -2.13. The lowest BCUT2D eigenvalue weighted by molar-refractivity contribution is 0.0904. The predicted octanol–water partition coefficient (Wildman–Crippen LogP) is 3.68.